The molecule has 4 atom stereocenters. The van der Waals surface area contributed by atoms with Crippen LogP contribution in [0.1, 0.15) is 58.7 Å². The Labute approximate surface area is 219 Å². The molecule has 194 valence electrons. The van der Waals surface area contributed by atoms with Gasteiger partial charge in [-0.3, -0.25) is 4.79 Å². The number of amides is 1. The van der Waals surface area contributed by atoms with E-state index in [-0.39, 0.29) is 42.7 Å². The van der Waals surface area contributed by atoms with Crippen LogP contribution in [0.3, 0.4) is 0 Å². The Hall–Kier alpha value is -3.63. The quantitative estimate of drug-likeness (QED) is 0.417. The number of ether oxygens (including phenoxy) is 2. The van der Waals surface area contributed by atoms with E-state index < -0.39 is 0 Å². The number of hydrogen-bond donors (Lipinski definition) is 1. The molecule has 7 heteroatoms. The zero-order chi connectivity index (χ0) is 26.2. The van der Waals surface area contributed by atoms with E-state index in [0.717, 1.165) is 36.1 Å². The summed E-state index contributed by atoms with van der Waals surface area (Å²) in [6.45, 7) is 8.25. The van der Waals surface area contributed by atoms with Crippen molar-refractivity contribution in [3.05, 3.63) is 66.5 Å². The van der Waals surface area contributed by atoms with Crippen molar-refractivity contribution >= 4 is 5.91 Å². The van der Waals surface area contributed by atoms with Gasteiger partial charge in [0.05, 0.1) is 30.4 Å². The average Bonchev–Trinajstić information content (AvgIpc) is 3.56. The van der Waals surface area contributed by atoms with Crippen molar-refractivity contribution in [2.45, 2.75) is 71.2 Å². The molecule has 3 aromatic rings. The van der Waals surface area contributed by atoms with Crippen LogP contribution in [0.5, 0.6) is 5.75 Å². The number of hydrogen-bond acceptors (Lipinski definition) is 5. The highest BCUT2D eigenvalue weighted by Gasteiger charge is 2.34. The van der Waals surface area contributed by atoms with Gasteiger partial charge in [0.2, 0.25) is 5.91 Å². The molecule has 2 heterocycles. The first-order chi connectivity index (χ1) is 17.9. The first kappa shape index (κ1) is 26.4. The second-order valence-corrected chi connectivity index (χ2v) is 9.98. The zero-order valence-corrected chi connectivity index (χ0v) is 22.1. The summed E-state index contributed by atoms with van der Waals surface area (Å²) in [5.74, 6) is 6.74. The van der Waals surface area contributed by atoms with E-state index in [4.69, 9.17) is 9.47 Å². The first-order valence-corrected chi connectivity index (χ1v) is 13.0. The molecule has 0 radical (unpaired) electrons. The summed E-state index contributed by atoms with van der Waals surface area (Å²) in [5.41, 5.74) is 2.86. The SMILES string of the molecule is CC(C)NC(=O)[C@H](C)[C@H]1CC[C@@H](C[C@@H](C)n2cc(C#CCOc3cccc(-c4ccccc4)c3)nn2)O1. The predicted molar refractivity (Wildman–Crippen MR) is 144 cm³/mol. The van der Waals surface area contributed by atoms with E-state index in [1.165, 1.54) is 0 Å². The van der Waals surface area contributed by atoms with Crippen LogP contribution in [-0.2, 0) is 9.53 Å². The Bertz CT molecular complexity index is 1230. The van der Waals surface area contributed by atoms with E-state index in [1.807, 2.05) is 68.0 Å². The maximum atomic E-state index is 12.3. The van der Waals surface area contributed by atoms with Gasteiger partial charge in [-0.1, -0.05) is 60.5 Å². The van der Waals surface area contributed by atoms with Crippen LogP contribution in [0.2, 0.25) is 0 Å². The van der Waals surface area contributed by atoms with Crippen molar-refractivity contribution in [1.29, 1.82) is 0 Å². The van der Waals surface area contributed by atoms with E-state index in [2.05, 4.69) is 52.6 Å². The lowest BCUT2D eigenvalue weighted by atomic mass is 10.00. The fourth-order valence-corrected chi connectivity index (χ4v) is 4.54. The van der Waals surface area contributed by atoms with Crippen LogP contribution < -0.4 is 10.1 Å². The zero-order valence-electron chi connectivity index (χ0n) is 22.1. The standard InChI is InChI=1S/C30H36N4O3/c1-21(2)31-30(35)23(4)29-16-15-28(37-29)18-22(3)34-20-26(32-33-34)13-9-17-36-27-14-8-12-25(19-27)24-10-6-5-7-11-24/h5-8,10-12,14,19-23,28-29H,15-18H2,1-4H3,(H,31,35)/t22-,23-,28+,29-/m1/s1. The molecule has 1 aromatic heterocycles. The third-order valence-corrected chi connectivity index (χ3v) is 6.58. The maximum absolute atomic E-state index is 12.3. The van der Waals surface area contributed by atoms with Crippen LogP contribution in [0.25, 0.3) is 11.1 Å². The van der Waals surface area contributed by atoms with E-state index in [0.29, 0.717) is 5.69 Å². The van der Waals surface area contributed by atoms with Crippen molar-refractivity contribution in [2.75, 3.05) is 6.61 Å². The molecule has 37 heavy (non-hydrogen) atoms. The molecule has 0 unspecified atom stereocenters. The number of nitrogens with zero attached hydrogens (tertiary/aromatic N) is 3. The molecule has 1 fully saturated rings. The smallest absolute Gasteiger partial charge is 0.225 e. The maximum Gasteiger partial charge on any atom is 0.225 e. The number of aromatic nitrogens is 3. The Morgan fingerprint density at radius 2 is 1.89 bits per heavy atom. The summed E-state index contributed by atoms with van der Waals surface area (Å²) in [7, 11) is 0. The van der Waals surface area contributed by atoms with Gasteiger partial charge < -0.3 is 14.8 Å². The highest BCUT2D eigenvalue weighted by molar-refractivity contribution is 5.79. The molecule has 1 aliphatic rings. The van der Waals surface area contributed by atoms with Crippen molar-refractivity contribution < 1.29 is 14.3 Å². The number of rotatable bonds is 9. The summed E-state index contributed by atoms with van der Waals surface area (Å²) in [6, 6.07) is 18.4. The number of carbonyl (C=O) groups excluding carboxylic acids is 1. The number of nitrogens with one attached hydrogen (secondary N) is 1. The Kier molecular flexibility index (Phi) is 8.97. The molecule has 1 saturated heterocycles. The lowest BCUT2D eigenvalue weighted by Gasteiger charge is -2.22. The minimum Gasteiger partial charge on any atom is -0.481 e. The van der Waals surface area contributed by atoms with Gasteiger partial charge in [-0.25, -0.2) is 4.68 Å². The van der Waals surface area contributed by atoms with Gasteiger partial charge >= 0.3 is 0 Å². The van der Waals surface area contributed by atoms with Crippen LogP contribution >= 0.6 is 0 Å². The van der Waals surface area contributed by atoms with Crippen LogP contribution in [-0.4, -0.2) is 45.8 Å². The molecule has 2 aromatic carbocycles. The fraction of sp³-hybridized carbons (Fsp3) is 0.433. The number of benzene rings is 2. The molecule has 1 aliphatic heterocycles. The third kappa shape index (κ3) is 7.43. The monoisotopic (exact) mass is 500 g/mol. The molecule has 0 saturated carbocycles. The van der Waals surface area contributed by atoms with Crippen molar-refractivity contribution in [1.82, 2.24) is 20.3 Å². The summed E-state index contributed by atoms with van der Waals surface area (Å²) in [6.07, 6.45) is 4.57. The van der Waals surface area contributed by atoms with Gasteiger partial charge in [-0.15, -0.1) is 5.10 Å². The second-order valence-electron chi connectivity index (χ2n) is 9.98. The van der Waals surface area contributed by atoms with Gasteiger partial charge in [0.15, 0.2) is 5.69 Å². The molecule has 4 rings (SSSR count). The Morgan fingerprint density at radius 3 is 2.68 bits per heavy atom. The molecular formula is C30H36N4O3. The topological polar surface area (TPSA) is 78.3 Å². The molecule has 1 amide bonds. The van der Waals surface area contributed by atoms with E-state index >= 15 is 0 Å². The van der Waals surface area contributed by atoms with Crippen LogP contribution in [0.15, 0.2) is 60.8 Å². The Morgan fingerprint density at radius 1 is 1.11 bits per heavy atom. The molecule has 0 aliphatic carbocycles. The number of carbonyl (C=O) groups is 1. The molecule has 0 bridgehead atoms. The third-order valence-electron chi connectivity index (χ3n) is 6.58. The predicted octanol–water partition coefficient (Wildman–Crippen LogP) is 5.04. The van der Waals surface area contributed by atoms with Gasteiger partial charge in [-0.2, -0.15) is 0 Å². The Balaban J connectivity index is 1.25. The van der Waals surface area contributed by atoms with Crippen molar-refractivity contribution in [2.24, 2.45) is 5.92 Å². The second kappa shape index (κ2) is 12.6. The minimum absolute atomic E-state index is 0.0403. The van der Waals surface area contributed by atoms with Gasteiger partial charge in [0, 0.05) is 6.04 Å². The van der Waals surface area contributed by atoms with Gasteiger partial charge in [0.1, 0.15) is 12.4 Å². The van der Waals surface area contributed by atoms with Gasteiger partial charge in [0.25, 0.3) is 0 Å². The summed E-state index contributed by atoms with van der Waals surface area (Å²) in [5, 5.41) is 11.4. The molecule has 1 N–H and O–H groups in total. The summed E-state index contributed by atoms with van der Waals surface area (Å²) < 4.78 is 13.9. The lowest BCUT2D eigenvalue weighted by Crippen LogP contribution is -2.39. The van der Waals surface area contributed by atoms with Gasteiger partial charge in [-0.05, 0) is 69.2 Å². The first-order valence-electron chi connectivity index (χ1n) is 13.0. The van der Waals surface area contributed by atoms with Crippen LogP contribution in [0.4, 0.5) is 0 Å². The summed E-state index contributed by atoms with van der Waals surface area (Å²) >= 11 is 0. The van der Waals surface area contributed by atoms with Crippen LogP contribution in [0, 0.1) is 17.8 Å². The van der Waals surface area contributed by atoms with Crippen molar-refractivity contribution in [3.8, 4) is 28.7 Å². The van der Waals surface area contributed by atoms with E-state index in [9.17, 15) is 4.79 Å². The summed E-state index contributed by atoms with van der Waals surface area (Å²) in [4.78, 5) is 12.3. The normalized spacial score (nSPS) is 18.6. The molecule has 7 nitrogen and oxygen atoms in total. The molecule has 0 spiro atoms. The largest absolute Gasteiger partial charge is 0.481 e. The highest BCUT2D eigenvalue weighted by Crippen LogP contribution is 2.30. The molecular weight excluding hydrogens is 464 g/mol. The fourth-order valence-electron chi connectivity index (χ4n) is 4.54. The highest BCUT2D eigenvalue weighted by atomic mass is 16.5. The minimum atomic E-state index is -0.154. The van der Waals surface area contributed by atoms with Crippen molar-refractivity contribution in [3.63, 3.8) is 0 Å². The average molecular weight is 501 g/mol. The lowest BCUT2D eigenvalue weighted by molar-refractivity contribution is -0.129. The van der Waals surface area contributed by atoms with E-state index in [1.54, 1.807) is 0 Å².